The first kappa shape index (κ1) is 14.6. The first-order chi connectivity index (χ1) is 9.15. The lowest BCUT2D eigenvalue weighted by Crippen LogP contribution is -2.44. The summed E-state index contributed by atoms with van der Waals surface area (Å²) in [5, 5.41) is 0.798. The Morgan fingerprint density at radius 2 is 2.26 bits per heavy atom. The number of thioether (sulfide) groups is 1. The zero-order chi connectivity index (χ0) is 13.7. The molecule has 19 heavy (non-hydrogen) atoms. The molecule has 1 aliphatic rings. The molecule has 106 valence electrons. The van der Waals surface area contributed by atoms with Gasteiger partial charge in [-0.05, 0) is 5.92 Å². The van der Waals surface area contributed by atoms with Crippen LogP contribution in [0, 0.1) is 5.92 Å². The fraction of sp³-hybridized carbons (Fsp3) is 0.692. The number of hydrogen-bond donors (Lipinski definition) is 1. The van der Waals surface area contributed by atoms with E-state index in [0.717, 1.165) is 37.0 Å². The van der Waals surface area contributed by atoms with Crippen LogP contribution in [0.1, 0.15) is 13.8 Å². The van der Waals surface area contributed by atoms with Gasteiger partial charge in [0.2, 0.25) is 0 Å². The third-order valence-electron chi connectivity index (χ3n) is 2.94. The van der Waals surface area contributed by atoms with Crippen molar-refractivity contribution in [3.63, 3.8) is 0 Å². The highest BCUT2D eigenvalue weighted by molar-refractivity contribution is 7.99. The molecule has 2 rings (SSSR count). The largest absolute Gasteiger partial charge is 0.381 e. The maximum absolute atomic E-state index is 5.80. The molecule has 2 N–H and O–H groups in total. The van der Waals surface area contributed by atoms with Crippen molar-refractivity contribution in [3.05, 3.63) is 12.4 Å². The minimum atomic E-state index is 0.249. The highest BCUT2D eigenvalue weighted by Gasteiger charge is 2.21. The van der Waals surface area contributed by atoms with Gasteiger partial charge in [-0.2, -0.15) is 0 Å². The summed E-state index contributed by atoms with van der Waals surface area (Å²) in [4.78, 5) is 10.7. The number of nitrogens with two attached hydrogens (primary N) is 1. The van der Waals surface area contributed by atoms with Crippen LogP contribution in [0.5, 0.6) is 0 Å². The molecule has 0 aromatic carbocycles. The fourth-order valence-corrected chi connectivity index (χ4v) is 3.06. The number of morpholine rings is 1. The summed E-state index contributed by atoms with van der Waals surface area (Å²) in [5.41, 5.74) is 5.78. The first-order valence-electron chi connectivity index (χ1n) is 6.68. The van der Waals surface area contributed by atoms with Crippen molar-refractivity contribution < 1.29 is 4.74 Å². The van der Waals surface area contributed by atoms with E-state index in [0.29, 0.717) is 11.7 Å². The van der Waals surface area contributed by atoms with Crippen LogP contribution < -0.4 is 5.73 Å². The van der Waals surface area contributed by atoms with Crippen LogP contribution in [0.15, 0.2) is 17.4 Å². The second-order valence-corrected chi connectivity index (χ2v) is 6.21. The van der Waals surface area contributed by atoms with Crippen molar-refractivity contribution in [2.75, 3.05) is 37.7 Å². The minimum absolute atomic E-state index is 0.249. The van der Waals surface area contributed by atoms with Gasteiger partial charge >= 0.3 is 0 Å². The molecule has 0 spiro atoms. The van der Waals surface area contributed by atoms with Gasteiger partial charge in [0.1, 0.15) is 5.03 Å². The molecule has 1 unspecified atom stereocenters. The summed E-state index contributed by atoms with van der Waals surface area (Å²) in [7, 11) is 0. The van der Waals surface area contributed by atoms with Crippen molar-refractivity contribution in [2.24, 2.45) is 5.92 Å². The molecule has 5 nitrogen and oxygen atoms in total. The van der Waals surface area contributed by atoms with E-state index in [1.165, 1.54) is 0 Å². The average Bonchev–Trinajstić information content (AvgIpc) is 2.37. The molecule has 1 saturated heterocycles. The van der Waals surface area contributed by atoms with Gasteiger partial charge in [0.05, 0.1) is 12.7 Å². The third-order valence-corrected chi connectivity index (χ3v) is 4.07. The minimum Gasteiger partial charge on any atom is -0.381 e. The van der Waals surface area contributed by atoms with Gasteiger partial charge in [-0.25, -0.2) is 9.97 Å². The van der Waals surface area contributed by atoms with Crippen LogP contribution in [0.2, 0.25) is 0 Å². The summed E-state index contributed by atoms with van der Waals surface area (Å²) in [6.07, 6.45) is 3.53. The van der Waals surface area contributed by atoms with Crippen LogP contribution >= 0.6 is 11.8 Å². The monoisotopic (exact) mass is 282 g/mol. The molecule has 0 aliphatic carbocycles. The van der Waals surface area contributed by atoms with Crippen molar-refractivity contribution in [2.45, 2.75) is 25.0 Å². The second kappa shape index (κ2) is 7.07. The van der Waals surface area contributed by atoms with E-state index >= 15 is 0 Å². The van der Waals surface area contributed by atoms with Gasteiger partial charge in [0.15, 0.2) is 5.82 Å². The van der Waals surface area contributed by atoms with Gasteiger partial charge in [-0.3, -0.25) is 4.90 Å². The van der Waals surface area contributed by atoms with Gasteiger partial charge in [-0.15, -0.1) is 0 Å². The lowest BCUT2D eigenvalue weighted by Gasteiger charge is -2.33. The standard InChI is InChI=1S/C13H22N4OS/c1-10(2)7-17-5-6-18-11(8-17)9-19-13-12(14)15-3-4-16-13/h3-4,10-11H,5-9H2,1-2H3,(H2,14,15). The molecular weight excluding hydrogens is 260 g/mol. The molecule has 0 saturated carbocycles. The maximum Gasteiger partial charge on any atom is 0.156 e. The van der Waals surface area contributed by atoms with E-state index in [9.17, 15) is 0 Å². The Bertz CT molecular complexity index is 402. The third kappa shape index (κ3) is 4.63. The molecule has 2 heterocycles. The van der Waals surface area contributed by atoms with Crippen LogP contribution in [-0.2, 0) is 4.74 Å². The van der Waals surface area contributed by atoms with Crippen molar-refractivity contribution in [1.82, 2.24) is 14.9 Å². The van der Waals surface area contributed by atoms with Crippen molar-refractivity contribution in [3.8, 4) is 0 Å². The smallest absolute Gasteiger partial charge is 0.156 e. The van der Waals surface area contributed by atoms with Crippen LogP contribution in [0.4, 0.5) is 5.82 Å². The molecule has 1 aromatic heterocycles. The number of anilines is 1. The average molecular weight is 282 g/mol. The molecule has 1 aromatic rings. The SMILES string of the molecule is CC(C)CN1CCOC(CSc2nccnc2N)C1. The molecule has 1 aliphatic heterocycles. The van der Waals surface area contributed by atoms with Gasteiger partial charge in [-0.1, -0.05) is 25.6 Å². The van der Waals surface area contributed by atoms with E-state index in [2.05, 4.69) is 28.7 Å². The number of nitrogen functional groups attached to an aromatic ring is 1. The predicted octanol–water partition coefficient (Wildman–Crippen LogP) is 1.51. The number of nitrogens with zero attached hydrogens (tertiary/aromatic N) is 3. The molecular formula is C13H22N4OS. The van der Waals surface area contributed by atoms with E-state index in [4.69, 9.17) is 10.5 Å². The molecule has 6 heteroatoms. The van der Waals surface area contributed by atoms with E-state index < -0.39 is 0 Å². The first-order valence-corrected chi connectivity index (χ1v) is 7.67. The summed E-state index contributed by atoms with van der Waals surface area (Å²) < 4.78 is 5.80. The molecule has 0 radical (unpaired) electrons. The normalized spacial score (nSPS) is 20.9. The van der Waals surface area contributed by atoms with Gasteiger partial charge in [0.25, 0.3) is 0 Å². The highest BCUT2D eigenvalue weighted by Crippen LogP contribution is 2.22. The topological polar surface area (TPSA) is 64.3 Å². The summed E-state index contributed by atoms with van der Waals surface area (Å²) in [6.45, 7) is 8.47. The lowest BCUT2D eigenvalue weighted by molar-refractivity contribution is -0.0191. The fourth-order valence-electron chi connectivity index (χ4n) is 2.18. The van der Waals surface area contributed by atoms with Crippen LogP contribution in [0.25, 0.3) is 0 Å². The van der Waals surface area contributed by atoms with Gasteiger partial charge < -0.3 is 10.5 Å². The summed E-state index contributed by atoms with van der Waals surface area (Å²) in [5.74, 6) is 2.07. The summed E-state index contributed by atoms with van der Waals surface area (Å²) >= 11 is 1.62. The lowest BCUT2D eigenvalue weighted by atomic mass is 10.2. The zero-order valence-corrected chi connectivity index (χ0v) is 12.4. The zero-order valence-electron chi connectivity index (χ0n) is 11.6. The Kier molecular flexibility index (Phi) is 5.42. The Hall–Kier alpha value is -0.850. The Labute approximate surface area is 118 Å². The molecule has 1 atom stereocenters. The van der Waals surface area contributed by atoms with Gasteiger partial charge in [0, 0.05) is 37.8 Å². The van der Waals surface area contributed by atoms with E-state index in [-0.39, 0.29) is 6.10 Å². The Balaban J connectivity index is 1.81. The summed E-state index contributed by atoms with van der Waals surface area (Å²) in [6, 6.07) is 0. The quantitative estimate of drug-likeness (QED) is 0.826. The van der Waals surface area contributed by atoms with E-state index in [1.54, 1.807) is 24.2 Å². The van der Waals surface area contributed by atoms with Crippen LogP contribution in [0.3, 0.4) is 0 Å². The Morgan fingerprint density at radius 3 is 3.00 bits per heavy atom. The van der Waals surface area contributed by atoms with Crippen molar-refractivity contribution >= 4 is 17.6 Å². The molecule has 1 fully saturated rings. The number of hydrogen-bond acceptors (Lipinski definition) is 6. The second-order valence-electron chi connectivity index (χ2n) is 5.20. The predicted molar refractivity (Wildman–Crippen MR) is 78.2 cm³/mol. The maximum atomic E-state index is 5.80. The van der Waals surface area contributed by atoms with E-state index in [1.807, 2.05) is 0 Å². The molecule has 0 amide bonds. The number of ether oxygens (including phenoxy) is 1. The Morgan fingerprint density at radius 1 is 1.47 bits per heavy atom. The molecule has 0 bridgehead atoms. The number of aromatic nitrogens is 2. The van der Waals surface area contributed by atoms with Crippen LogP contribution in [-0.4, -0.2) is 53.0 Å². The number of rotatable bonds is 5. The van der Waals surface area contributed by atoms with Crippen molar-refractivity contribution in [1.29, 1.82) is 0 Å². The highest BCUT2D eigenvalue weighted by atomic mass is 32.2.